The SMILES string of the molecule is CC[Si](C#CC#N)(CC)CC. The van der Waals surface area contributed by atoms with Gasteiger partial charge in [0, 0.05) is 5.92 Å². The molecule has 0 aromatic heterocycles. The van der Waals surface area contributed by atoms with Crippen LogP contribution in [-0.2, 0) is 0 Å². The standard InChI is InChI=1S/C9H15NSi/c1-4-11(5-2,6-3)9-7-8-10/h4-6H2,1-3H3. The second-order valence-electron chi connectivity index (χ2n) is 2.70. The lowest BCUT2D eigenvalue weighted by molar-refractivity contribution is 1.20. The summed E-state index contributed by atoms with van der Waals surface area (Å²) in [4.78, 5) is 0. The van der Waals surface area contributed by atoms with Gasteiger partial charge in [-0.2, -0.15) is 5.26 Å². The lowest BCUT2D eigenvalue weighted by Crippen LogP contribution is -2.29. The van der Waals surface area contributed by atoms with Crippen LogP contribution in [0.1, 0.15) is 20.8 Å². The Morgan fingerprint density at radius 3 is 1.82 bits per heavy atom. The molecule has 0 aliphatic carbocycles. The summed E-state index contributed by atoms with van der Waals surface area (Å²) >= 11 is 0. The molecule has 0 saturated carbocycles. The van der Waals surface area contributed by atoms with E-state index in [1.165, 1.54) is 18.1 Å². The van der Waals surface area contributed by atoms with E-state index in [1.54, 1.807) is 0 Å². The summed E-state index contributed by atoms with van der Waals surface area (Å²) in [5, 5.41) is 8.31. The summed E-state index contributed by atoms with van der Waals surface area (Å²) in [6.07, 6.45) is 0. The highest BCUT2D eigenvalue weighted by molar-refractivity contribution is 6.87. The predicted molar refractivity (Wildman–Crippen MR) is 50.6 cm³/mol. The first-order valence-electron chi connectivity index (χ1n) is 4.16. The maximum Gasteiger partial charge on any atom is 0.151 e. The first-order chi connectivity index (χ1) is 5.24. The third-order valence-corrected chi connectivity index (χ3v) is 7.13. The van der Waals surface area contributed by atoms with Crippen LogP contribution in [0.15, 0.2) is 0 Å². The molecule has 0 radical (unpaired) electrons. The van der Waals surface area contributed by atoms with Gasteiger partial charge in [-0.25, -0.2) is 0 Å². The molecule has 1 nitrogen and oxygen atoms in total. The Morgan fingerprint density at radius 2 is 1.55 bits per heavy atom. The quantitative estimate of drug-likeness (QED) is 0.466. The Labute approximate surface area is 70.4 Å². The molecule has 0 unspecified atom stereocenters. The molecule has 0 bridgehead atoms. The van der Waals surface area contributed by atoms with Crippen LogP contribution < -0.4 is 0 Å². The molecule has 0 aromatic rings. The van der Waals surface area contributed by atoms with Gasteiger partial charge in [0.2, 0.25) is 0 Å². The Balaban J connectivity index is 4.44. The summed E-state index contributed by atoms with van der Waals surface area (Å²) in [7, 11) is -1.32. The highest BCUT2D eigenvalue weighted by Crippen LogP contribution is 2.18. The van der Waals surface area contributed by atoms with Gasteiger partial charge in [-0.05, 0) is 18.1 Å². The van der Waals surface area contributed by atoms with E-state index < -0.39 is 8.07 Å². The van der Waals surface area contributed by atoms with Gasteiger partial charge in [0.15, 0.2) is 6.07 Å². The van der Waals surface area contributed by atoms with Gasteiger partial charge in [-0.1, -0.05) is 20.8 Å². The summed E-state index contributed by atoms with van der Waals surface area (Å²) < 4.78 is 0. The van der Waals surface area contributed by atoms with Gasteiger partial charge in [0.25, 0.3) is 0 Å². The summed E-state index contributed by atoms with van der Waals surface area (Å²) in [6.45, 7) is 6.56. The van der Waals surface area contributed by atoms with E-state index in [9.17, 15) is 0 Å². The van der Waals surface area contributed by atoms with E-state index >= 15 is 0 Å². The Morgan fingerprint density at radius 1 is 1.09 bits per heavy atom. The number of nitrogens with zero attached hydrogens (tertiary/aromatic N) is 1. The van der Waals surface area contributed by atoms with Gasteiger partial charge in [0.05, 0.1) is 0 Å². The van der Waals surface area contributed by atoms with Crippen molar-refractivity contribution in [2.75, 3.05) is 0 Å². The molecule has 0 spiro atoms. The molecule has 0 atom stereocenters. The van der Waals surface area contributed by atoms with Crippen molar-refractivity contribution in [3.63, 3.8) is 0 Å². The fourth-order valence-electron chi connectivity index (χ4n) is 1.18. The van der Waals surface area contributed by atoms with Crippen LogP contribution in [-0.4, -0.2) is 8.07 Å². The van der Waals surface area contributed by atoms with Crippen molar-refractivity contribution in [3.05, 3.63) is 0 Å². The molecule has 0 N–H and O–H groups in total. The molecule has 0 rings (SSSR count). The monoisotopic (exact) mass is 165 g/mol. The van der Waals surface area contributed by atoms with E-state index in [0.717, 1.165) is 0 Å². The van der Waals surface area contributed by atoms with Gasteiger partial charge < -0.3 is 0 Å². The van der Waals surface area contributed by atoms with Crippen molar-refractivity contribution in [1.29, 1.82) is 5.26 Å². The fourth-order valence-corrected chi connectivity index (χ4v) is 3.53. The third kappa shape index (κ3) is 2.78. The van der Waals surface area contributed by atoms with Crippen LogP contribution in [0.25, 0.3) is 0 Å². The van der Waals surface area contributed by atoms with E-state index in [-0.39, 0.29) is 0 Å². The topological polar surface area (TPSA) is 23.8 Å². The van der Waals surface area contributed by atoms with E-state index in [0.29, 0.717) is 0 Å². The molecular weight excluding hydrogens is 150 g/mol. The zero-order valence-corrected chi connectivity index (χ0v) is 8.57. The zero-order valence-electron chi connectivity index (χ0n) is 7.57. The maximum atomic E-state index is 8.31. The van der Waals surface area contributed by atoms with Gasteiger partial charge in [-0.15, -0.1) is 5.54 Å². The second kappa shape index (κ2) is 4.99. The summed E-state index contributed by atoms with van der Waals surface area (Å²) in [5.74, 6) is 2.56. The fraction of sp³-hybridized carbons (Fsp3) is 0.667. The highest BCUT2D eigenvalue weighted by Gasteiger charge is 2.23. The molecule has 0 aliphatic heterocycles. The van der Waals surface area contributed by atoms with Crippen LogP contribution in [0, 0.1) is 22.8 Å². The van der Waals surface area contributed by atoms with Crippen molar-refractivity contribution in [2.24, 2.45) is 0 Å². The van der Waals surface area contributed by atoms with Crippen LogP contribution in [0.2, 0.25) is 18.1 Å². The minimum Gasteiger partial charge on any atom is -0.183 e. The number of rotatable bonds is 3. The Bertz CT molecular complexity index is 192. The smallest absolute Gasteiger partial charge is 0.151 e. The van der Waals surface area contributed by atoms with Crippen molar-refractivity contribution >= 4 is 8.07 Å². The lowest BCUT2D eigenvalue weighted by atomic mass is 10.8. The molecule has 60 valence electrons. The molecule has 2 heteroatoms. The van der Waals surface area contributed by atoms with Crippen molar-refractivity contribution in [1.82, 2.24) is 0 Å². The number of hydrogen-bond donors (Lipinski definition) is 0. The Kier molecular flexibility index (Phi) is 4.66. The van der Waals surface area contributed by atoms with E-state index in [2.05, 4.69) is 32.2 Å². The number of nitriles is 1. The third-order valence-electron chi connectivity index (χ3n) is 2.41. The van der Waals surface area contributed by atoms with Crippen LogP contribution in [0.4, 0.5) is 0 Å². The molecule has 0 amide bonds. The molecule has 0 aliphatic rings. The molecule has 0 fully saturated rings. The van der Waals surface area contributed by atoms with Crippen molar-refractivity contribution in [3.8, 4) is 17.5 Å². The first-order valence-corrected chi connectivity index (χ1v) is 6.78. The summed E-state index contributed by atoms with van der Waals surface area (Å²) in [5.41, 5.74) is 3.16. The minimum atomic E-state index is -1.32. The first kappa shape index (κ1) is 10.3. The highest BCUT2D eigenvalue weighted by atomic mass is 28.3. The van der Waals surface area contributed by atoms with E-state index in [1.807, 2.05) is 6.07 Å². The van der Waals surface area contributed by atoms with Crippen molar-refractivity contribution in [2.45, 2.75) is 38.9 Å². The van der Waals surface area contributed by atoms with Crippen LogP contribution >= 0.6 is 0 Å². The molecule has 0 saturated heterocycles. The zero-order chi connectivity index (χ0) is 8.74. The van der Waals surface area contributed by atoms with Gasteiger partial charge in [0.1, 0.15) is 8.07 Å². The molecule has 11 heavy (non-hydrogen) atoms. The average molecular weight is 165 g/mol. The minimum absolute atomic E-state index is 1.18. The molecule has 0 heterocycles. The van der Waals surface area contributed by atoms with Gasteiger partial charge >= 0.3 is 0 Å². The van der Waals surface area contributed by atoms with Gasteiger partial charge in [-0.3, -0.25) is 0 Å². The van der Waals surface area contributed by atoms with E-state index in [4.69, 9.17) is 5.26 Å². The average Bonchev–Trinajstić information content (AvgIpc) is 2.08. The molecular formula is C9H15NSi. The second-order valence-corrected chi connectivity index (χ2v) is 7.63. The van der Waals surface area contributed by atoms with Crippen molar-refractivity contribution < 1.29 is 0 Å². The lowest BCUT2D eigenvalue weighted by Gasteiger charge is -2.19. The predicted octanol–water partition coefficient (Wildman–Crippen LogP) is 2.56. The van der Waals surface area contributed by atoms with Crippen LogP contribution in [0.3, 0.4) is 0 Å². The molecule has 0 aromatic carbocycles. The maximum absolute atomic E-state index is 8.31. The number of hydrogen-bond acceptors (Lipinski definition) is 1. The largest absolute Gasteiger partial charge is 0.183 e. The Hall–Kier alpha value is -0.733. The summed E-state index contributed by atoms with van der Waals surface area (Å²) in [6, 6.07) is 5.43. The van der Waals surface area contributed by atoms with Crippen LogP contribution in [0.5, 0.6) is 0 Å². The normalized spacial score (nSPS) is 9.64.